The zero-order chi connectivity index (χ0) is 13.9. The third-order valence-corrected chi connectivity index (χ3v) is 4.02. The molecule has 3 nitrogen and oxygen atoms in total. The van der Waals surface area contributed by atoms with Gasteiger partial charge in [-0.05, 0) is 37.1 Å². The minimum Gasteiger partial charge on any atom is -0.335 e. The van der Waals surface area contributed by atoms with Crippen LogP contribution in [-0.2, 0) is 19.5 Å². The number of imidazole rings is 1. The average molecular weight is 294 g/mol. The average Bonchev–Trinajstić information content (AvgIpc) is 2.90. The van der Waals surface area contributed by atoms with Gasteiger partial charge < -0.3 is 9.88 Å². The summed E-state index contributed by atoms with van der Waals surface area (Å²) in [7, 11) is 0. The molecule has 0 bridgehead atoms. The highest BCUT2D eigenvalue weighted by Crippen LogP contribution is 2.19. The Kier molecular flexibility index (Phi) is 4.03. The minimum atomic E-state index is -0.206. The second-order valence-corrected chi connectivity index (χ2v) is 5.70. The van der Waals surface area contributed by atoms with E-state index < -0.39 is 0 Å². The minimum absolute atomic E-state index is 0.206. The number of nitrogens with zero attached hydrogens (tertiary/aromatic N) is 2. The summed E-state index contributed by atoms with van der Waals surface area (Å²) >= 11 is 5.88. The molecule has 0 saturated carbocycles. The van der Waals surface area contributed by atoms with Crippen molar-refractivity contribution < 1.29 is 4.39 Å². The Morgan fingerprint density at radius 2 is 2.35 bits per heavy atom. The fourth-order valence-electron chi connectivity index (χ4n) is 2.69. The smallest absolute Gasteiger partial charge is 0.127 e. The number of benzene rings is 1. The molecular weight excluding hydrogens is 277 g/mol. The molecule has 0 spiro atoms. The lowest BCUT2D eigenvalue weighted by molar-refractivity contribution is 0.346. The number of aromatic nitrogens is 2. The Balaban J connectivity index is 1.52. The molecule has 1 aromatic heterocycles. The van der Waals surface area contributed by atoms with Gasteiger partial charge in [-0.3, -0.25) is 0 Å². The number of fused-ring (bicyclic) bond motifs is 1. The maximum atomic E-state index is 13.6. The van der Waals surface area contributed by atoms with Crippen LogP contribution in [0, 0.1) is 11.7 Å². The lowest BCUT2D eigenvalue weighted by Crippen LogP contribution is -2.29. The van der Waals surface area contributed by atoms with Crippen molar-refractivity contribution >= 4 is 11.6 Å². The summed E-state index contributed by atoms with van der Waals surface area (Å²) in [6.07, 6.45) is 6.03. The van der Waals surface area contributed by atoms with E-state index >= 15 is 0 Å². The van der Waals surface area contributed by atoms with Crippen LogP contribution in [0.15, 0.2) is 30.6 Å². The molecule has 0 aliphatic carbocycles. The molecule has 0 radical (unpaired) electrons. The number of hydrogen-bond acceptors (Lipinski definition) is 2. The van der Waals surface area contributed by atoms with E-state index in [4.69, 9.17) is 11.6 Å². The third kappa shape index (κ3) is 3.02. The van der Waals surface area contributed by atoms with Gasteiger partial charge in [-0.1, -0.05) is 11.6 Å². The molecule has 2 heterocycles. The van der Waals surface area contributed by atoms with Crippen molar-refractivity contribution in [2.75, 3.05) is 6.54 Å². The van der Waals surface area contributed by atoms with Crippen molar-refractivity contribution in [2.45, 2.75) is 25.9 Å². The highest BCUT2D eigenvalue weighted by molar-refractivity contribution is 6.30. The molecule has 1 aliphatic rings. The summed E-state index contributed by atoms with van der Waals surface area (Å²) in [4.78, 5) is 4.32. The van der Waals surface area contributed by atoms with Crippen molar-refractivity contribution in [3.63, 3.8) is 0 Å². The first-order chi connectivity index (χ1) is 9.72. The SMILES string of the molecule is Fc1ccc(Cl)cc1CNC[C@H]1CCc2nccn2C1. The molecule has 0 amide bonds. The predicted octanol–water partition coefficient (Wildman–Crippen LogP) is 3.03. The molecule has 5 heteroatoms. The van der Waals surface area contributed by atoms with Crippen LogP contribution in [0.5, 0.6) is 0 Å². The Morgan fingerprint density at radius 3 is 3.25 bits per heavy atom. The monoisotopic (exact) mass is 293 g/mol. The van der Waals surface area contributed by atoms with E-state index in [0.717, 1.165) is 25.9 Å². The van der Waals surface area contributed by atoms with Gasteiger partial charge in [-0.25, -0.2) is 9.37 Å². The number of rotatable bonds is 4. The van der Waals surface area contributed by atoms with Crippen molar-refractivity contribution in [1.29, 1.82) is 0 Å². The molecular formula is C15H17ClFN3. The Labute approximate surface area is 122 Å². The fraction of sp³-hybridized carbons (Fsp3) is 0.400. The molecule has 3 rings (SSSR count). The summed E-state index contributed by atoms with van der Waals surface area (Å²) < 4.78 is 15.8. The summed E-state index contributed by atoms with van der Waals surface area (Å²) in [6, 6.07) is 4.67. The lowest BCUT2D eigenvalue weighted by Gasteiger charge is -2.24. The van der Waals surface area contributed by atoms with Crippen LogP contribution in [0.4, 0.5) is 4.39 Å². The summed E-state index contributed by atoms with van der Waals surface area (Å²) in [6.45, 7) is 2.38. The topological polar surface area (TPSA) is 29.9 Å². The van der Waals surface area contributed by atoms with E-state index in [9.17, 15) is 4.39 Å². The molecule has 1 aliphatic heterocycles. The van der Waals surface area contributed by atoms with Gasteiger partial charge in [0.2, 0.25) is 0 Å². The van der Waals surface area contributed by atoms with Gasteiger partial charge in [-0.2, -0.15) is 0 Å². The molecule has 106 valence electrons. The molecule has 1 atom stereocenters. The number of aryl methyl sites for hydroxylation is 1. The highest BCUT2D eigenvalue weighted by Gasteiger charge is 2.18. The first-order valence-electron chi connectivity index (χ1n) is 6.87. The van der Waals surface area contributed by atoms with Gasteiger partial charge in [0.15, 0.2) is 0 Å². The zero-order valence-corrected chi connectivity index (χ0v) is 11.9. The Bertz CT molecular complexity index is 597. The number of halogens is 2. The fourth-order valence-corrected chi connectivity index (χ4v) is 2.89. The van der Waals surface area contributed by atoms with Gasteiger partial charge in [0.25, 0.3) is 0 Å². The first-order valence-corrected chi connectivity index (χ1v) is 7.25. The molecule has 1 N–H and O–H groups in total. The van der Waals surface area contributed by atoms with E-state index in [1.807, 2.05) is 12.4 Å². The zero-order valence-electron chi connectivity index (χ0n) is 11.1. The van der Waals surface area contributed by atoms with E-state index in [0.29, 0.717) is 23.0 Å². The summed E-state index contributed by atoms with van der Waals surface area (Å²) in [5, 5.41) is 3.90. The first kappa shape index (κ1) is 13.6. The maximum Gasteiger partial charge on any atom is 0.127 e. The van der Waals surface area contributed by atoms with E-state index in [-0.39, 0.29) is 5.82 Å². The van der Waals surface area contributed by atoms with E-state index in [1.165, 1.54) is 11.9 Å². The van der Waals surface area contributed by atoms with Crippen molar-refractivity contribution in [1.82, 2.24) is 14.9 Å². The molecule has 2 aromatic rings. The van der Waals surface area contributed by atoms with Crippen LogP contribution in [-0.4, -0.2) is 16.1 Å². The quantitative estimate of drug-likeness (QED) is 0.939. The molecule has 0 unspecified atom stereocenters. The van der Waals surface area contributed by atoms with Crippen LogP contribution in [0.2, 0.25) is 5.02 Å². The van der Waals surface area contributed by atoms with Crippen LogP contribution in [0.25, 0.3) is 0 Å². The third-order valence-electron chi connectivity index (χ3n) is 3.79. The number of nitrogens with one attached hydrogen (secondary N) is 1. The second kappa shape index (κ2) is 5.94. The van der Waals surface area contributed by atoms with Crippen LogP contribution >= 0.6 is 11.6 Å². The van der Waals surface area contributed by atoms with E-state index in [1.54, 1.807) is 12.1 Å². The van der Waals surface area contributed by atoms with E-state index in [2.05, 4.69) is 14.9 Å². The molecule has 1 aromatic carbocycles. The second-order valence-electron chi connectivity index (χ2n) is 5.27. The van der Waals surface area contributed by atoms with Gasteiger partial charge in [-0.15, -0.1) is 0 Å². The van der Waals surface area contributed by atoms with Crippen molar-refractivity contribution in [2.24, 2.45) is 5.92 Å². The normalized spacial score (nSPS) is 18.0. The highest BCUT2D eigenvalue weighted by atomic mass is 35.5. The molecule has 20 heavy (non-hydrogen) atoms. The van der Waals surface area contributed by atoms with Gasteiger partial charge in [0, 0.05) is 42.5 Å². The lowest BCUT2D eigenvalue weighted by atomic mass is 9.99. The Hall–Kier alpha value is -1.39. The van der Waals surface area contributed by atoms with Crippen LogP contribution in [0.3, 0.4) is 0 Å². The van der Waals surface area contributed by atoms with Crippen molar-refractivity contribution in [3.05, 3.63) is 52.8 Å². The van der Waals surface area contributed by atoms with Crippen molar-refractivity contribution in [3.8, 4) is 0 Å². The maximum absolute atomic E-state index is 13.6. The van der Waals surface area contributed by atoms with Gasteiger partial charge in [0.05, 0.1) is 0 Å². The predicted molar refractivity (Wildman–Crippen MR) is 77.2 cm³/mol. The van der Waals surface area contributed by atoms with Gasteiger partial charge in [0.1, 0.15) is 11.6 Å². The summed E-state index contributed by atoms with van der Waals surface area (Å²) in [5.41, 5.74) is 0.622. The Morgan fingerprint density at radius 1 is 1.45 bits per heavy atom. The van der Waals surface area contributed by atoms with Crippen LogP contribution < -0.4 is 5.32 Å². The molecule has 0 saturated heterocycles. The number of hydrogen-bond donors (Lipinski definition) is 1. The van der Waals surface area contributed by atoms with Gasteiger partial charge >= 0.3 is 0 Å². The summed E-state index contributed by atoms with van der Waals surface area (Å²) in [5.74, 6) is 1.53. The standard InChI is InChI=1S/C15H17ClFN3/c16-13-2-3-14(17)12(7-13)9-18-8-11-1-4-15-19-5-6-20(15)10-11/h2-3,5-7,11,18H,1,4,8-10H2/t11-/m1/s1. The van der Waals surface area contributed by atoms with Crippen LogP contribution in [0.1, 0.15) is 17.8 Å². The molecule has 0 fully saturated rings. The largest absolute Gasteiger partial charge is 0.335 e.